The number of furan rings is 1. The molecule has 102 valence electrons. The second kappa shape index (κ2) is 5.57. The van der Waals surface area contributed by atoms with Crippen LogP contribution in [0.25, 0.3) is 6.08 Å². The summed E-state index contributed by atoms with van der Waals surface area (Å²) in [6.07, 6.45) is 3.10. The number of carboxylic acid groups (broad SMARTS) is 1. The first-order valence-corrected chi connectivity index (χ1v) is 6.10. The first-order valence-electron chi connectivity index (χ1n) is 6.10. The molecular weight excluding hydrogens is 256 g/mol. The summed E-state index contributed by atoms with van der Waals surface area (Å²) in [6.45, 7) is 3.54. The number of carboxylic acids is 1. The van der Waals surface area contributed by atoms with E-state index >= 15 is 0 Å². The minimum atomic E-state index is -0.971. The Bertz CT molecular complexity index is 675. The maximum Gasteiger partial charge on any atom is 0.335 e. The van der Waals surface area contributed by atoms with Gasteiger partial charge >= 0.3 is 5.97 Å². The third kappa shape index (κ3) is 3.03. The molecular formula is C16H14O4. The van der Waals surface area contributed by atoms with Crippen LogP contribution in [0.15, 0.2) is 40.8 Å². The molecule has 0 saturated carbocycles. The molecule has 2 aromatic rings. The molecule has 1 aromatic carbocycles. The Labute approximate surface area is 116 Å². The van der Waals surface area contributed by atoms with E-state index in [0.717, 1.165) is 5.56 Å². The van der Waals surface area contributed by atoms with Crippen LogP contribution in [-0.4, -0.2) is 16.9 Å². The fraction of sp³-hybridized carbons (Fsp3) is 0.125. The van der Waals surface area contributed by atoms with Gasteiger partial charge in [-0.1, -0.05) is 18.2 Å². The van der Waals surface area contributed by atoms with Crippen LogP contribution in [0.4, 0.5) is 0 Å². The molecule has 1 aromatic heterocycles. The number of rotatable bonds is 4. The van der Waals surface area contributed by atoms with Crippen molar-refractivity contribution in [2.45, 2.75) is 13.8 Å². The van der Waals surface area contributed by atoms with Crippen LogP contribution in [0.3, 0.4) is 0 Å². The van der Waals surface area contributed by atoms with Crippen molar-refractivity contribution >= 4 is 17.8 Å². The van der Waals surface area contributed by atoms with E-state index in [1.807, 2.05) is 0 Å². The summed E-state index contributed by atoms with van der Waals surface area (Å²) in [5, 5.41) is 8.79. The van der Waals surface area contributed by atoms with Crippen molar-refractivity contribution in [1.82, 2.24) is 0 Å². The van der Waals surface area contributed by atoms with E-state index < -0.39 is 5.97 Å². The number of carbonyl (C=O) groups is 2. The Kier molecular flexibility index (Phi) is 3.84. The summed E-state index contributed by atoms with van der Waals surface area (Å²) in [7, 11) is 0. The number of hydrogen-bond donors (Lipinski definition) is 1. The van der Waals surface area contributed by atoms with Crippen LogP contribution in [0.5, 0.6) is 0 Å². The lowest BCUT2D eigenvalue weighted by molar-refractivity contribution is 0.0696. The Morgan fingerprint density at radius 3 is 2.30 bits per heavy atom. The van der Waals surface area contributed by atoms with Crippen LogP contribution < -0.4 is 0 Å². The SMILES string of the molecule is Cc1cc(C(=O)/C=C/c2ccc(C(=O)O)cc2)c(C)o1. The third-order valence-electron chi connectivity index (χ3n) is 2.89. The zero-order valence-electron chi connectivity index (χ0n) is 11.2. The van der Waals surface area contributed by atoms with Crippen molar-refractivity contribution < 1.29 is 19.1 Å². The summed E-state index contributed by atoms with van der Waals surface area (Å²) in [6, 6.07) is 8.01. The van der Waals surface area contributed by atoms with E-state index in [1.165, 1.54) is 18.2 Å². The van der Waals surface area contributed by atoms with Crippen LogP contribution in [0.2, 0.25) is 0 Å². The molecule has 0 spiro atoms. The van der Waals surface area contributed by atoms with Gasteiger partial charge in [0, 0.05) is 0 Å². The van der Waals surface area contributed by atoms with E-state index in [4.69, 9.17) is 9.52 Å². The van der Waals surface area contributed by atoms with E-state index in [-0.39, 0.29) is 11.3 Å². The molecule has 2 rings (SSSR count). The van der Waals surface area contributed by atoms with Crippen molar-refractivity contribution in [1.29, 1.82) is 0 Å². The molecule has 0 aliphatic heterocycles. The topological polar surface area (TPSA) is 67.5 Å². The molecule has 0 saturated heterocycles. The van der Waals surface area contributed by atoms with Crippen molar-refractivity contribution in [2.75, 3.05) is 0 Å². The van der Waals surface area contributed by atoms with Gasteiger partial charge in [-0.15, -0.1) is 0 Å². The molecule has 0 aliphatic carbocycles. The molecule has 0 amide bonds. The molecule has 4 heteroatoms. The zero-order chi connectivity index (χ0) is 14.7. The first kappa shape index (κ1) is 13.8. The summed E-state index contributed by atoms with van der Waals surface area (Å²) in [5.41, 5.74) is 1.52. The maximum atomic E-state index is 12.0. The highest BCUT2D eigenvalue weighted by atomic mass is 16.4. The lowest BCUT2D eigenvalue weighted by Crippen LogP contribution is -1.95. The summed E-state index contributed by atoms with van der Waals surface area (Å²) < 4.78 is 5.31. The van der Waals surface area contributed by atoms with Gasteiger partial charge in [0.2, 0.25) is 0 Å². The normalized spacial score (nSPS) is 10.9. The molecule has 1 heterocycles. The number of ketones is 1. The standard InChI is InChI=1S/C16H14O4/c1-10-9-14(11(2)20-10)15(17)8-5-12-3-6-13(7-4-12)16(18)19/h3-9H,1-2H3,(H,18,19)/b8-5+. The van der Waals surface area contributed by atoms with Gasteiger partial charge in [-0.25, -0.2) is 4.79 Å². The maximum absolute atomic E-state index is 12.0. The number of allylic oxidation sites excluding steroid dienone is 1. The smallest absolute Gasteiger partial charge is 0.335 e. The molecule has 0 unspecified atom stereocenters. The van der Waals surface area contributed by atoms with Crippen LogP contribution in [0.1, 0.15) is 37.8 Å². The molecule has 0 bridgehead atoms. The Hall–Kier alpha value is -2.62. The van der Waals surface area contributed by atoms with Crippen molar-refractivity contribution in [3.63, 3.8) is 0 Å². The molecule has 0 atom stereocenters. The first-order chi connectivity index (χ1) is 9.47. The fourth-order valence-electron chi connectivity index (χ4n) is 1.87. The summed E-state index contributed by atoms with van der Waals surface area (Å²) >= 11 is 0. The predicted molar refractivity (Wildman–Crippen MR) is 74.9 cm³/mol. The zero-order valence-corrected chi connectivity index (χ0v) is 11.2. The third-order valence-corrected chi connectivity index (χ3v) is 2.89. The van der Waals surface area contributed by atoms with Gasteiger partial charge in [0.05, 0.1) is 11.1 Å². The molecule has 20 heavy (non-hydrogen) atoms. The van der Waals surface area contributed by atoms with Crippen molar-refractivity contribution in [3.05, 3.63) is 64.6 Å². The van der Waals surface area contributed by atoms with Crippen LogP contribution in [0, 0.1) is 13.8 Å². The van der Waals surface area contributed by atoms with Crippen molar-refractivity contribution in [3.8, 4) is 0 Å². The van der Waals surface area contributed by atoms with E-state index in [1.54, 1.807) is 38.1 Å². The van der Waals surface area contributed by atoms with E-state index in [9.17, 15) is 9.59 Å². The van der Waals surface area contributed by atoms with Crippen LogP contribution in [-0.2, 0) is 0 Å². The lowest BCUT2D eigenvalue weighted by atomic mass is 10.1. The van der Waals surface area contributed by atoms with Crippen molar-refractivity contribution in [2.24, 2.45) is 0 Å². The average molecular weight is 270 g/mol. The average Bonchev–Trinajstić information content (AvgIpc) is 2.75. The van der Waals surface area contributed by atoms with Gasteiger partial charge in [-0.05, 0) is 43.7 Å². The Balaban J connectivity index is 2.15. The highest BCUT2D eigenvalue weighted by molar-refractivity contribution is 6.07. The van der Waals surface area contributed by atoms with Gasteiger partial charge in [0.15, 0.2) is 5.78 Å². The largest absolute Gasteiger partial charge is 0.478 e. The molecule has 0 fully saturated rings. The van der Waals surface area contributed by atoms with Gasteiger partial charge in [0.1, 0.15) is 11.5 Å². The predicted octanol–water partition coefficient (Wildman–Crippen LogP) is 3.49. The highest BCUT2D eigenvalue weighted by Crippen LogP contribution is 2.15. The van der Waals surface area contributed by atoms with E-state index in [2.05, 4.69) is 0 Å². The molecule has 4 nitrogen and oxygen atoms in total. The van der Waals surface area contributed by atoms with Gasteiger partial charge in [-0.3, -0.25) is 4.79 Å². The summed E-state index contributed by atoms with van der Waals surface area (Å²) in [4.78, 5) is 22.7. The minimum absolute atomic E-state index is 0.137. The monoisotopic (exact) mass is 270 g/mol. The second-order valence-electron chi connectivity index (χ2n) is 4.45. The molecule has 0 radical (unpaired) electrons. The molecule has 1 N–H and O–H groups in total. The van der Waals surface area contributed by atoms with Gasteiger partial charge < -0.3 is 9.52 Å². The Morgan fingerprint density at radius 1 is 1.15 bits per heavy atom. The number of benzene rings is 1. The number of hydrogen-bond acceptors (Lipinski definition) is 3. The van der Waals surface area contributed by atoms with E-state index in [0.29, 0.717) is 17.1 Å². The molecule has 0 aliphatic rings. The van der Waals surface area contributed by atoms with Crippen LogP contribution >= 0.6 is 0 Å². The van der Waals surface area contributed by atoms with Gasteiger partial charge in [-0.2, -0.15) is 0 Å². The highest BCUT2D eigenvalue weighted by Gasteiger charge is 2.10. The fourth-order valence-corrected chi connectivity index (χ4v) is 1.87. The number of aryl methyl sites for hydroxylation is 2. The minimum Gasteiger partial charge on any atom is -0.478 e. The second-order valence-corrected chi connectivity index (χ2v) is 4.45. The number of aromatic carboxylic acids is 1. The summed E-state index contributed by atoms with van der Waals surface area (Å²) in [5.74, 6) is 0.186. The number of carbonyl (C=O) groups excluding carboxylic acids is 1. The quantitative estimate of drug-likeness (QED) is 0.682. The lowest BCUT2D eigenvalue weighted by Gasteiger charge is -1.96. The Morgan fingerprint density at radius 2 is 1.80 bits per heavy atom. The van der Waals surface area contributed by atoms with Gasteiger partial charge in [0.25, 0.3) is 0 Å².